The minimum atomic E-state index is 0.382. The maximum absolute atomic E-state index is 9.17. The van der Waals surface area contributed by atoms with Crippen molar-refractivity contribution in [2.45, 2.75) is 149 Å². The molecule has 158 valence electrons. The first-order valence-electron chi connectivity index (χ1n) is 12.5. The summed E-state index contributed by atoms with van der Waals surface area (Å²) in [6.07, 6.45) is 29.4. The Labute approximate surface area is 166 Å². The molecule has 1 N–H and O–H groups in total. The summed E-state index contributed by atoms with van der Waals surface area (Å²) in [5.41, 5.74) is 0. The van der Waals surface area contributed by atoms with Crippen molar-refractivity contribution in [3.8, 4) is 0 Å². The van der Waals surface area contributed by atoms with Crippen molar-refractivity contribution < 1.29 is 5.11 Å². The molecule has 26 heavy (non-hydrogen) atoms. The molecule has 0 spiro atoms. The average Bonchev–Trinajstić information content (AvgIpc) is 2.65. The maximum Gasteiger partial charge on any atom is 0.0433 e. The highest BCUT2D eigenvalue weighted by atomic mass is 16.3. The summed E-state index contributed by atoms with van der Waals surface area (Å²) >= 11 is 0. The van der Waals surface area contributed by atoms with Gasteiger partial charge in [0.15, 0.2) is 0 Å². The lowest BCUT2D eigenvalue weighted by Crippen LogP contribution is -2.03. The minimum absolute atomic E-state index is 0.382. The fourth-order valence-corrected chi connectivity index (χ4v) is 4.09. The Kier molecular flexibility index (Phi) is 23.0. The first-order chi connectivity index (χ1) is 12.8. The van der Waals surface area contributed by atoms with Crippen LogP contribution in [0, 0.1) is 5.92 Å². The van der Waals surface area contributed by atoms with Crippen LogP contribution in [0.5, 0.6) is 0 Å². The normalized spacial score (nSPS) is 12.6. The van der Waals surface area contributed by atoms with Gasteiger partial charge in [0.05, 0.1) is 0 Å². The first-order valence-corrected chi connectivity index (χ1v) is 12.5. The van der Waals surface area contributed by atoms with Crippen LogP contribution in [0.15, 0.2) is 0 Å². The molecule has 0 amide bonds. The zero-order valence-electron chi connectivity index (χ0n) is 18.6. The van der Waals surface area contributed by atoms with Gasteiger partial charge in [-0.2, -0.15) is 0 Å². The van der Waals surface area contributed by atoms with E-state index in [4.69, 9.17) is 0 Å². The largest absolute Gasteiger partial charge is 0.396 e. The van der Waals surface area contributed by atoms with Gasteiger partial charge in [-0.3, -0.25) is 0 Å². The summed E-state index contributed by atoms with van der Waals surface area (Å²) in [6.45, 7) is 4.95. The van der Waals surface area contributed by atoms with Crippen molar-refractivity contribution >= 4 is 0 Å². The highest BCUT2D eigenvalue weighted by molar-refractivity contribution is 4.60. The molecule has 0 radical (unpaired) electrons. The Balaban J connectivity index is 3.18. The monoisotopic (exact) mass is 368 g/mol. The van der Waals surface area contributed by atoms with Crippen molar-refractivity contribution in [1.82, 2.24) is 0 Å². The van der Waals surface area contributed by atoms with Gasteiger partial charge in [0, 0.05) is 6.61 Å². The van der Waals surface area contributed by atoms with Crippen LogP contribution in [0.1, 0.15) is 149 Å². The van der Waals surface area contributed by atoms with Gasteiger partial charge in [-0.15, -0.1) is 0 Å². The third-order valence-electron chi connectivity index (χ3n) is 5.97. The van der Waals surface area contributed by atoms with E-state index in [9.17, 15) is 5.11 Å². The number of aliphatic hydroxyl groups excluding tert-OH is 1. The predicted octanol–water partition coefficient (Wildman–Crippen LogP) is 8.83. The van der Waals surface area contributed by atoms with Crippen molar-refractivity contribution in [2.24, 2.45) is 5.92 Å². The molecule has 0 aliphatic rings. The number of unbranched alkanes of at least 4 members (excludes halogenated alkanes) is 16. The van der Waals surface area contributed by atoms with E-state index in [1.807, 2.05) is 0 Å². The highest BCUT2D eigenvalue weighted by Crippen LogP contribution is 2.21. The molecule has 1 nitrogen and oxygen atoms in total. The molecule has 0 fully saturated rings. The Morgan fingerprint density at radius 1 is 0.423 bits per heavy atom. The molecule has 0 aliphatic carbocycles. The van der Waals surface area contributed by atoms with Crippen LogP contribution < -0.4 is 0 Å². The Hall–Kier alpha value is -0.0400. The van der Waals surface area contributed by atoms with Crippen molar-refractivity contribution in [1.29, 1.82) is 0 Å². The SMILES string of the molecule is CCCCCCCCCCCCCCCCCCC(CCO)CCCC. The maximum atomic E-state index is 9.17. The van der Waals surface area contributed by atoms with Crippen LogP contribution in [-0.4, -0.2) is 11.7 Å². The van der Waals surface area contributed by atoms with Gasteiger partial charge in [-0.25, -0.2) is 0 Å². The smallest absolute Gasteiger partial charge is 0.0433 e. The van der Waals surface area contributed by atoms with Crippen LogP contribution in [0.3, 0.4) is 0 Å². The lowest BCUT2D eigenvalue weighted by atomic mass is 9.92. The van der Waals surface area contributed by atoms with E-state index >= 15 is 0 Å². The molecule has 0 bridgehead atoms. The van der Waals surface area contributed by atoms with E-state index in [0.717, 1.165) is 12.3 Å². The number of hydrogen-bond donors (Lipinski definition) is 1. The van der Waals surface area contributed by atoms with Gasteiger partial charge in [0.2, 0.25) is 0 Å². The topological polar surface area (TPSA) is 20.2 Å². The van der Waals surface area contributed by atoms with Gasteiger partial charge < -0.3 is 5.11 Å². The molecule has 0 rings (SSSR count). The molecule has 0 aliphatic heterocycles. The molecule has 0 aromatic heterocycles. The summed E-state index contributed by atoms with van der Waals surface area (Å²) in [7, 11) is 0. The van der Waals surface area contributed by atoms with Crippen molar-refractivity contribution in [2.75, 3.05) is 6.61 Å². The second-order valence-electron chi connectivity index (χ2n) is 8.61. The minimum Gasteiger partial charge on any atom is -0.396 e. The van der Waals surface area contributed by atoms with Crippen LogP contribution in [0.25, 0.3) is 0 Å². The predicted molar refractivity (Wildman–Crippen MR) is 119 cm³/mol. The number of hydrogen-bond acceptors (Lipinski definition) is 1. The van der Waals surface area contributed by atoms with E-state index in [2.05, 4.69) is 13.8 Å². The van der Waals surface area contributed by atoms with E-state index < -0.39 is 0 Å². The quantitative estimate of drug-likeness (QED) is 0.189. The Morgan fingerprint density at radius 2 is 0.769 bits per heavy atom. The summed E-state index contributed by atoms with van der Waals surface area (Å²) in [4.78, 5) is 0. The third kappa shape index (κ3) is 20.3. The summed E-state index contributed by atoms with van der Waals surface area (Å²) in [5, 5.41) is 9.17. The summed E-state index contributed by atoms with van der Waals surface area (Å²) in [6, 6.07) is 0. The lowest BCUT2D eigenvalue weighted by molar-refractivity contribution is 0.242. The Morgan fingerprint density at radius 3 is 1.15 bits per heavy atom. The van der Waals surface area contributed by atoms with Crippen molar-refractivity contribution in [3.05, 3.63) is 0 Å². The van der Waals surface area contributed by atoms with E-state index in [-0.39, 0.29) is 0 Å². The van der Waals surface area contributed by atoms with Crippen molar-refractivity contribution in [3.63, 3.8) is 0 Å². The van der Waals surface area contributed by atoms with Gasteiger partial charge in [-0.05, 0) is 12.3 Å². The molecule has 0 aromatic carbocycles. The van der Waals surface area contributed by atoms with Crippen LogP contribution in [0.4, 0.5) is 0 Å². The van der Waals surface area contributed by atoms with Gasteiger partial charge in [-0.1, -0.05) is 142 Å². The Bertz CT molecular complexity index is 238. The molecule has 0 saturated carbocycles. The molecule has 0 heterocycles. The summed E-state index contributed by atoms with van der Waals surface area (Å²) < 4.78 is 0. The van der Waals surface area contributed by atoms with Gasteiger partial charge in [0.1, 0.15) is 0 Å². The third-order valence-corrected chi connectivity index (χ3v) is 5.97. The zero-order valence-corrected chi connectivity index (χ0v) is 18.6. The standard InChI is InChI=1S/C25H52O/c1-3-5-7-8-9-10-11-12-13-14-15-16-17-18-19-20-22-25(23-24-26)21-6-4-2/h25-26H,3-24H2,1-2H3. The number of aliphatic hydroxyl groups is 1. The fourth-order valence-electron chi connectivity index (χ4n) is 4.09. The molecule has 1 heteroatoms. The molecular weight excluding hydrogens is 316 g/mol. The molecule has 0 saturated heterocycles. The number of rotatable bonds is 22. The highest BCUT2D eigenvalue weighted by Gasteiger charge is 2.07. The summed E-state index contributed by atoms with van der Waals surface area (Å²) in [5.74, 6) is 0.784. The molecular formula is C25H52O. The zero-order chi connectivity index (χ0) is 19.1. The molecule has 0 aromatic rings. The van der Waals surface area contributed by atoms with Gasteiger partial charge >= 0.3 is 0 Å². The fraction of sp³-hybridized carbons (Fsp3) is 1.00. The van der Waals surface area contributed by atoms with Crippen LogP contribution >= 0.6 is 0 Å². The molecule has 1 unspecified atom stereocenters. The second kappa shape index (κ2) is 23.0. The average molecular weight is 369 g/mol. The van der Waals surface area contributed by atoms with E-state index in [1.165, 1.54) is 128 Å². The van der Waals surface area contributed by atoms with E-state index in [1.54, 1.807) is 0 Å². The first kappa shape index (κ1) is 26.0. The van der Waals surface area contributed by atoms with Crippen LogP contribution in [-0.2, 0) is 0 Å². The van der Waals surface area contributed by atoms with Crippen LogP contribution in [0.2, 0.25) is 0 Å². The van der Waals surface area contributed by atoms with E-state index in [0.29, 0.717) is 6.61 Å². The molecule has 1 atom stereocenters. The second-order valence-corrected chi connectivity index (χ2v) is 8.61. The van der Waals surface area contributed by atoms with Gasteiger partial charge in [0.25, 0.3) is 0 Å². The lowest BCUT2D eigenvalue weighted by Gasteiger charge is -2.15.